The molecule has 2 aliphatic heterocycles. The minimum absolute atomic E-state index is 0.0147. The van der Waals surface area contributed by atoms with Crippen molar-refractivity contribution in [2.24, 2.45) is 0 Å². The number of aromatic nitrogens is 2. The third kappa shape index (κ3) is 3.37. The van der Waals surface area contributed by atoms with Gasteiger partial charge < -0.3 is 29.7 Å². The molecule has 1 unspecified atom stereocenters. The molecule has 2 aromatic rings. The monoisotopic (exact) mass is 399 g/mol. The van der Waals surface area contributed by atoms with Crippen molar-refractivity contribution in [3.8, 4) is 11.5 Å². The van der Waals surface area contributed by atoms with E-state index in [1.165, 1.54) is 4.90 Å². The molecule has 0 spiro atoms. The first kappa shape index (κ1) is 9.13. The molecule has 2 aliphatic rings. The predicted octanol–water partition coefficient (Wildman–Crippen LogP) is 1.06. The maximum absolute atomic E-state index is 13.0. The van der Waals surface area contributed by atoms with Crippen LogP contribution in [0.5, 0.6) is 11.5 Å². The number of piperazine rings is 1. The summed E-state index contributed by atoms with van der Waals surface area (Å²) in [6.07, 6.45) is -7.97. The molecular formula is C19H25N5O4. The number of ether oxygens (including phenoxy) is 3. The lowest BCUT2D eigenvalue weighted by molar-refractivity contribution is -0.141. The van der Waals surface area contributed by atoms with Crippen LogP contribution in [0, 0.1) is 0 Å². The Bertz CT molecular complexity index is 1310. The van der Waals surface area contributed by atoms with E-state index in [4.69, 9.17) is 36.4 Å². The molecule has 150 valence electrons. The number of hydrogen-bond acceptors (Lipinski definition) is 8. The van der Waals surface area contributed by atoms with Gasteiger partial charge in [-0.05, 0) is 18.8 Å². The summed E-state index contributed by atoms with van der Waals surface area (Å²) in [5, 5.41) is 0.166. The molecule has 0 radical (unpaired) electrons. The van der Waals surface area contributed by atoms with Gasteiger partial charge in [-0.3, -0.25) is 4.79 Å². The third-order valence-corrected chi connectivity index (χ3v) is 4.53. The van der Waals surface area contributed by atoms with E-state index >= 15 is 0 Å². The van der Waals surface area contributed by atoms with Crippen LogP contribution in [0.1, 0.15) is 29.2 Å². The molecule has 28 heavy (non-hydrogen) atoms. The van der Waals surface area contributed by atoms with Crippen molar-refractivity contribution < 1.29 is 35.5 Å². The number of fused-ring (bicyclic) bond motifs is 1. The van der Waals surface area contributed by atoms with Gasteiger partial charge in [0.25, 0.3) is 5.91 Å². The number of rotatable bonds is 4. The Kier molecular flexibility index (Phi) is 2.50. The molecule has 0 saturated carbocycles. The Balaban J connectivity index is 1.56. The molecule has 1 atom stereocenters. The SMILES string of the molecule is [2H]C([2H])([2H])Oc1cc2nc(N3CCN(C(=O)C4OC([2H])([2H])C([2H])([2H])C4([2H])[2H])CC3)nc(N)c2cc1OC([2H])([2H])[2H]. The molecule has 0 bridgehead atoms. The summed E-state index contributed by atoms with van der Waals surface area (Å²) in [4.78, 5) is 24.5. The Hall–Kier alpha value is -2.81. The van der Waals surface area contributed by atoms with Crippen LogP contribution < -0.4 is 20.1 Å². The Labute approximate surface area is 180 Å². The summed E-state index contributed by atoms with van der Waals surface area (Å²) >= 11 is 0. The van der Waals surface area contributed by atoms with Crippen molar-refractivity contribution in [3.05, 3.63) is 12.1 Å². The van der Waals surface area contributed by atoms with Gasteiger partial charge in [-0.25, -0.2) is 4.98 Å². The fraction of sp³-hybridized carbons (Fsp3) is 0.526. The summed E-state index contributed by atoms with van der Waals surface area (Å²) in [7, 11) is -5.84. The molecule has 1 aromatic carbocycles. The summed E-state index contributed by atoms with van der Waals surface area (Å²) in [6, 6.07) is 2.32. The normalized spacial score (nSPS) is 32.5. The van der Waals surface area contributed by atoms with Crippen LogP contribution in [0.25, 0.3) is 10.9 Å². The van der Waals surface area contributed by atoms with E-state index in [1.807, 2.05) is 0 Å². The van der Waals surface area contributed by atoms with Crippen molar-refractivity contribution in [2.45, 2.75) is 18.8 Å². The van der Waals surface area contributed by atoms with Gasteiger partial charge >= 0.3 is 0 Å². The van der Waals surface area contributed by atoms with E-state index in [2.05, 4.69) is 9.97 Å². The maximum atomic E-state index is 13.0. The summed E-state index contributed by atoms with van der Waals surface area (Å²) in [5.41, 5.74) is 6.21. The van der Waals surface area contributed by atoms with E-state index in [0.717, 1.165) is 12.1 Å². The summed E-state index contributed by atoms with van der Waals surface area (Å²) in [5.74, 6) is -1.69. The van der Waals surface area contributed by atoms with Gasteiger partial charge in [0.1, 0.15) is 11.9 Å². The lowest BCUT2D eigenvalue weighted by Crippen LogP contribution is -2.51. The van der Waals surface area contributed by atoms with E-state index < -0.39 is 56.9 Å². The van der Waals surface area contributed by atoms with E-state index in [0.29, 0.717) is 0 Å². The number of anilines is 2. The van der Waals surface area contributed by atoms with Gasteiger partial charge in [0.05, 0.1) is 30.6 Å². The van der Waals surface area contributed by atoms with Crippen LogP contribution in [0.15, 0.2) is 12.1 Å². The van der Waals surface area contributed by atoms with Crippen LogP contribution in [0.3, 0.4) is 0 Å². The van der Waals surface area contributed by atoms with Crippen molar-refractivity contribution in [1.29, 1.82) is 0 Å². The molecule has 2 fully saturated rings. The number of methoxy groups -OCH3 is 2. The van der Waals surface area contributed by atoms with Crippen LogP contribution in [0.2, 0.25) is 0 Å². The number of benzene rings is 1. The van der Waals surface area contributed by atoms with Crippen molar-refractivity contribution >= 4 is 28.6 Å². The van der Waals surface area contributed by atoms with E-state index in [9.17, 15) is 4.79 Å². The zero-order chi connectivity index (χ0) is 30.1. The Morgan fingerprint density at radius 1 is 1.25 bits per heavy atom. The van der Waals surface area contributed by atoms with Crippen LogP contribution in [0.4, 0.5) is 11.8 Å². The zero-order valence-corrected chi connectivity index (χ0v) is 14.6. The number of carbonyl (C=O) groups is 1. The van der Waals surface area contributed by atoms with E-state index in [1.54, 1.807) is 4.90 Å². The maximum Gasteiger partial charge on any atom is 0.251 e. The van der Waals surface area contributed by atoms with Gasteiger partial charge in [0, 0.05) is 49.7 Å². The second-order valence-electron chi connectivity index (χ2n) is 6.11. The zero-order valence-electron chi connectivity index (χ0n) is 26.6. The first-order valence-corrected chi connectivity index (χ1v) is 8.34. The summed E-state index contributed by atoms with van der Waals surface area (Å²) in [6.45, 7) is -2.72. The first-order valence-electron chi connectivity index (χ1n) is 14.3. The highest BCUT2D eigenvalue weighted by molar-refractivity contribution is 5.91. The molecule has 1 aromatic heterocycles. The van der Waals surface area contributed by atoms with Gasteiger partial charge in [-0.1, -0.05) is 0 Å². The highest BCUT2D eigenvalue weighted by Crippen LogP contribution is 2.34. The number of hydrogen-bond donors (Lipinski definition) is 1. The number of carbonyl (C=O) groups excluding carboxylic acids is 1. The highest BCUT2D eigenvalue weighted by atomic mass is 16.5. The van der Waals surface area contributed by atoms with Gasteiger partial charge in [0.2, 0.25) is 5.95 Å². The lowest BCUT2D eigenvalue weighted by atomic mass is 10.2. The number of nitrogens with two attached hydrogens (primary N) is 1. The van der Waals surface area contributed by atoms with Gasteiger partial charge in [-0.2, -0.15) is 4.98 Å². The fourth-order valence-corrected chi connectivity index (χ4v) is 3.07. The molecule has 2 N–H and O–H groups in total. The average Bonchev–Trinajstić information content (AvgIpc) is 2.93. The number of nitrogens with zero attached hydrogens (tertiary/aromatic N) is 4. The second-order valence-corrected chi connectivity index (χ2v) is 6.11. The minimum Gasteiger partial charge on any atom is -0.493 e. The molecule has 4 rings (SSSR count). The molecule has 1 amide bonds. The van der Waals surface area contributed by atoms with Gasteiger partial charge in [-0.15, -0.1) is 0 Å². The Morgan fingerprint density at radius 2 is 2.00 bits per heavy atom. The lowest BCUT2D eigenvalue weighted by Gasteiger charge is -2.35. The van der Waals surface area contributed by atoms with Crippen molar-refractivity contribution in [3.63, 3.8) is 0 Å². The molecule has 2 saturated heterocycles. The van der Waals surface area contributed by atoms with Crippen LogP contribution >= 0.6 is 0 Å². The number of amides is 1. The Morgan fingerprint density at radius 3 is 2.68 bits per heavy atom. The van der Waals surface area contributed by atoms with Crippen LogP contribution in [-0.4, -0.2) is 73.7 Å². The minimum atomic E-state index is -3.06. The molecular weight excluding hydrogens is 362 g/mol. The number of nitrogen functional groups attached to an aromatic ring is 1. The largest absolute Gasteiger partial charge is 0.493 e. The smallest absolute Gasteiger partial charge is 0.251 e. The quantitative estimate of drug-likeness (QED) is 0.814. The standard InChI is InChI=1S/C19H25N5O4/c1-26-15-10-12-13(11-16(15)27-2)21-19(22-17(12)20)24-7-5-23(6-8-24)18(25)14-4-3-9-28-14/h10-11,14H,3-9H2,1-2H3,(H2,20,21,22)/i1D3,2D3,3D2,4D2,9D2. The third-order valence-electron chi connectivity index (χ3n) is 4.53. The van der Waals surface area contributed by atoms with Crippen LogP contribution in [-0.2, 0) is 9.53 Å². The topological polar surface area (TPSA) is 103 Å². The molecule has 0 aliphatic carbocycles. The summed E-state index contributed by atoms with van der Waals surface area (Å²) < 4.78 is 106. The van der Waals surface area contributed by atoms with E-state index in [-0.39, 0.29) is 48.8 Å². The molecule has 3 heterocycles. The van der Waals surface area contributed by atoms with Crippen molar-refractivity contribution in [1.82, 2.24) is 14.9 Å². The predicted molar refractivity (Wildman–Crippen MR) is 105 cm³/mol. The molecule has 9 heteroatoms. The van der Waals surface area contributed by atoms with Gasteiger partial charge in [0.15, 0.2) is 11.5 Å². The first-order chi connectivity index (χ1) is 18.1. The van der Waals surface area contributed by atoms with Crippen molar-refractivity contribution in [2.75, 3.05) is 57.4 Å². The molecule has 9 nitrogen and oxygen atoms in total. The average molecular weight is 400 g/mol. The second kappa shape index (κ2) is 7.67. The fourth-order valence-electron chi connectivity index (χ4n) is 3.07. The highest BCUT2D eigenvalue weighted by Gasteiger charge is 2.31.